The van der Waals surface area contributed by atoms with E-state index in [0.29, 0.717) is 10.5 Å². The SMILES string of the molecule is NSc1cccc2c1C(=O)c1cccc(O)c1C2=O. The number of nitrogens with two attached hydrogens (primary N) is 1. The lowest BCUT2D eigenvalue weighted by Crippen LogP contribution is -2.22. The van der Waals surface area contributed by atoms with Gasteiger partial charge in [-0.05, 0) is 24.1 Å². The largest absolute Gasteiger partial charge is 0.507 e. The lowest BCUT2D eigenvalue weighted by Gasteiger charge is -2.19. The Morgan fingerprint density at radius 3 is 2.16 bits per heavy atom. The molecule has 0 aliphatic heterocycles. The summed E-state index contributed by atoms with van der Waals surface area (Å²) in [5, 5.41) is 15.3. The van der Waals surface area contributed by atoms with E-state index >= 15 is 0 Å². The minimum absolute atomic E-state index is 0.0687. The van der Waals surface area contributed by atoms with Gasteiger partial charge in [-0.1, -0.05) is 24.3 Å². The van der Waals surface area contributed by atoms with Crippen LogP contribution in [0.4, 0.5) is 0 Å². The van der Waals surface area contributed by atoms with Crippen molar-refractivity contribution in [3.05, 3.63) is 58.7 Å². The van der Waals surface area contributed by atoms with E-state index in [1.807, 2.05) is 0 Å². The van der Waals surface area contributed by atoms with Crippen molar-refractivity contribution in [2.24, 2.45) is 5.14 Å². The molecule has 0 bridgehead atoms. The topological polar surface area (TPSA) is 80.4 Å². The molecular formula is C14H9NO3S. The van der Waals surface area contributed by atoms with Crippen LogP contribution in [-0.2, 0) is 0 Å². The number of carbonyl (C=O) groups excluding carboxylic acids is 2. The summed E-state index contributed by atoms with van der Waals surface area (Å²) >= 11 is 0.933. The molecule has 2 aromatic rings. The molecule has 0 saturated carbocycles. The number of hydrogen-bond donors (Lipinski definition) is 2. The van der Waals surface area contributed by atoms with Crippen molar-refractivity contribution in [2.75, 3.05) is 0 Å². The smallest absolute Gasteiger partial charge is 0.198 e. The van der Waals surface area contributed by atoms with Crippen molar-refractivity contribution in [3.8, 4) is 5.75 Å². The van der Waals surface area contributed by atoms with Crippen LogP contribution in [0.15, 0.2) is 41.3 Å². The number of phenolic OH excluding ortho intramolecular Hbond substituents is 1. The number of carbonyl (C=O) groups is 2. The van der Waals surface area contributed by atoms with Crippen molar-refractivity contribution in [1.29, 1.82) is 0 Å². The van der Waals surface area contributed by atoms with Crippen LogP contribution in [0.2, 0.25) is 0 Å². The first-order valence-corrected chi connectivity index (χ1v) is 6.44. The molecule has 3 N–H and O–H groups in total. The summed E-state index contributed by atoms with van der Waals surface area (Å²) in [5.74, 6) is -0.806. The number of rotatable bonds is 1. The molecular weight excluding hydrogens is 262 g/mol. The first-order valence-electron chi connectivity index (χ1n) is 5.56. The van der Waals surface area contributed by atoms with Gasteiger partial charge in [0.15, 0.2) is 11.6 Å². The Labute approximate surface area is 113 Å². The van der Waals surface area contributed by atoms with Crippen molar-refractivity contribution in [1.82, 2.24) is 0 Å². The van der Waals surface area contributed by atoms with E-state index in [-0.39, 0.29) is 34.0 Å². The summed E-state index contributed by atoms with van der Waals surface area (Å²) in [6.07, 6.45) is 0. The lowest BCUT2D eigenvalue weighted by atomic mass is 9.83. The van der Waals surface area contributed by atoms with Gasteiger partial charge in [0.25, 0.3) is 0 Å². The van der Waals surface area contributed by atoms with Crippen LogP contribution < -0.4 is 5.14 Å². The van der Waals surface area contributed by atoms with Crippen LogP contribution in [0, 0.1) is 0 Å². The zero-order valence-electron chi connectivity index (χ0n) is 9.71. The van der Waals surface area contributed by atoms with Gasteiger partial charge in [-0.3, -0.25) is 14.7 Å². The predicted molar refractivity (Wildman–Crippen MR) is 71.5 cm³/mol. The number of ketones is 2. The molecule has 0 atom stereocenters. The molecule has 19 heavy (non-hydrogen) atoms. The maximum absolute atomic E-state index is 12.5. The van der Waals surface area contributed by atoms with E-state index in [4.69, 9.17) is 5.14 Å². The Hall–Kier alpha value is -2.11. The molecule has 2 aromatic carbocycles. The molecule has 0 radical (unpaired) electrons. The van der Waals surface area contributed by atoms with Gasteiger partial charge in [0.05, 0.1) is 5.56 Å². The third-order valence-corrected chi connectivity index (χ3v) is 3.73. The van der Waals surface area contributed by atoms with E-state index in [9.17, 15) is 14.7 Å². The first kappa shape index (κ1) is 12.0. The molecule has 1 aliphatic carbocycles. The van der Waals surface area contributed by atoms with Gasteiger partial charge in [0.2, 0.25) is 0 Å². The molecule has 0 fully saturated rings. The Kier molecular flexibility index (Phi) is 2.66. The molecule has 0 heterocycles. The predicted octanol–water partition coefficient (Wildman–Crippen LogP) is 2.13. The maximum atomic E-state index is 12.5. The minimum atomic E-state index is -0.349. The fourth-order valence-electron chi connectivity index (χ4n) is 2.29. The molecule has 5 heteroatoms. The summed E-state index contributed by atoms with van der Waals surface area (Å²) in [4.78, 5) is 25.4. The first-order chi connectivity index (χ1) is 9.15. The second-order valence-corrected chi connectivity index (χ2v) is 4.83. The van der Waals surface area contributed by atoms with Gasteiger partial charge in [-0.15, -0.1) is 0 Å². The fourth-order valence-corrected chi connectivity index (χ4v) is 2.77. The van der Waals surface area contributed by atoms with Crippen LogP contribution >= 0.6 is 11.9 Å². The van der Waals surface area contributed by atoms with E-state index in [0.717, 1.165) is 11.9 Å². The average molecular weight is 271 g/mol. The monoisotopic (exact) mass is 271 g/mol. The third kappa shape index (κ3) is 1.59. The second-order valence-electron chi connectivity index (χ2n) is 4.15. The van der Waals surface area contributed by atoms with Gasteiger partial charge in [-0.2, -0.15) is 0 Å². The van der Waals surface area contributed by atoms with Crippen molar-refractivity contribution in [2.45, 2.75) is 4.90 Å². The van der Waals surface area contributed by atoms with Crippen molar-refractivity contribution < 1.29 is 14.7 Å². The highest BCUT2D eigenvalue weighted by atomic mass is 32.2. The van der Waals surface area contributed by atoms with E-state index < -0.39 is 0 Å². The number of aromatic hydroxyl groups is 1. The number of hydrogen-bond acceptors (Lipinski definition) is 5. The molecule has 0 amide bonds. The highest BCUT2D eigenvalue weighted by Gasteiger charge is 2.33. The zero-order chi connectivity index (χ0) is 13.6. The Balaban J connectivity index is 2.36. The normalized spacial score (nSPS) is 13.1. The molecule has 0 spiro atoms. The van der Waals surface area contributed by atoms with Crippen LogP contribution in [0.5, 0.6) is 5.75 Å². The summed E-state index contributed by atoms with van der Waals surface area (Å²) in [7, 11) is 0. The third-order valence-electron chi connectivity index (χ3n) is 3.14. The summed E-state index contributed by atoms with van der Waals surface area (Å²) in [6, 6.07) is 9.42. The summed E-state index contributed by atoms with van der Waals surface area (Å²) < 4.78 is 0. The molecule has 1 aliphatic rings. The van der Waals surface area contributed by atoms with E-state index in [1.54, 1.807) is 24.3 Å². The molecule has 94 valence electrons. The van der Waals surface area contributed by atoms with Crippen LogP contribution in [-0.4, -0.2) is 16.7 Å². The molecule has 0 saturated heterocycles. The van der Waals surface area contributed by atoms with Crippen molar-refractivity contribution >= 4 is 23.5 Å². The minimum Gasteiger partial charge on any atom is -0.507 e. The Morgan fingerprint density at radius 1 is 0.895 bits per heavy atom. The molecule has 0 unspecified atom stereocenters. The van der Waals surface area contributed by atoms with Gasteiger partial charge in [0.1, 0.15) is 5.75 Å². The van der Waals surface area contributed by atoms with Gasteiger partial charge in [-0.25, -0.2) is 0 Å². The van der Waals surface area contributed by atoms with Crippen molar-refractivity contribution in [3.63, 3.8) is 0 Å². The number of phenols is 1. The number of fused-ring (bicyclic) bond motifs is 2. The van der Waals surface area contributed by atoms with Gasteiger partial charge >= 0.3 is 0 Å². The van der Waals surface area contributed by atoms with Crippen LogP contribution in [0.3, 0.4) is 0 Å². The Morgan fingerprint density at radius 2 is 1.47 bits per heavy atom. The van der Waals surface area contributed by atoms with Gasteiger partial charge < -0.3 is 5.11 Å². The molecule has 4 nitrogen and oxygen atoms in total. The lowest BCUT2D eigenvalue weighted by molar-refractivity contribution is 0.0974. The summed E-state index contributed by atoms with van der Waals surface area (Å²) in [5.41, 5.74) is 0.894. The molecule has 3 rings (SSSR count). The van der Waals surface area contributed by atoms with Crippen LogP contribution in [0.25, 0.3) is 0 Å². The summed E-state index contributed by atoms with van der Waals surface area (Å²) in [6.45, 7) is 0. The number of benzene rings is 2. The standard InChI is InChI=1S/C14H9NO3S/c15-19-10-6-2-4-8-12(10)14(18)7-3-1-5-9(16)11(7)13(8)17/h1-6,16H,15H2. The zero-order valence-corrected chi connectivity index (χ0v) is 10.5. The van der Waals surface area contributed by atoms with E-state index in [1.165, 1.54) is 12.1 Å². The van der Waals surface area contributed by atoms with Crippen LogP contribution in [0.1, 0.15) is 31.8 Å². The average Bonchev–Trinajstić information content (AvgIpc) is 2.43. The van der Waals surface area contributed by atoms with Gasteiger partial charge in [0, 0.05) is 21.6 Å². The maximum Gasteiger partial charge on any atom is 0.198 e. The Bertz CT molecular complexity index is 725. The van der Waals surface area contributed by atoms with E-state index in [2.05, 4.69) is 0 Å². The quantitative estimate of drug-likeness (QED) is 0.663. The highest BCUT2D eigenvalue weighted by molar-refractivity contribution is 7.97. The molecule has 0 aromatic heterocycles. The second kappa shape index (κ2) is 4.22. The highest BCUT2D eigenvalue weighted by Crippen LogP contribution is 2.35. The fraction of sp³-hybridized carbons (Fsp3) is 0.